The van der Waals surface area contributed by atoms with Crippen molar-refractivity contribution in [3.8, 4) is 0 Å². The number of hydrogen-bond donors (Lipinski definition) is 1. The summed E-state index contributed by atoms with van der Waals surface area (Å²) in [6.45, 7) is 4.97. The van der Waals surface area contributed by atoms with E-state index >= 15 is 0 Å². The molecule has 0 aliphatic carbocycles. The zero-order chi connectivity index (χ0) is 20.6. The first-order chi connectivity index (χ1) is 13.1. The number of nitrogens with one attached hydrogen (secondary N) is 1. The van der Waals surface area contributed by atoms with Gasteiger partial charge >= 0.3 is 6.03 Å². The molecule has 2 aromatic rings. The average molecular weight is 383 g/mol. The minimum Gasteiger partial charge on any atom is -0.319 e. The zero-order valence-electron chi connectivity index (χ0n) is 16.2. The van der Waals surface area contributed by atoms with Crippen molar-refractivity contribution in [3.05, 3.63) is 65.0 Å². The smallest absolute Gasteiger partial charge is 0.319 e. The number of urea groups is 1. The van der Waals surface area contributed by atoms with E-state index in [9.17, 15) is 18.8 Å². The Morgan fingerprint density at radius 2 is 1.79 bits per heavy atom. The second-order valence-electron chi connectivity index (χ2n) is 7.20. The number of likely N-dealkylation sites (N-methyl/N-ethyl adjacent to an activating group) is 1. The fraction of sp³-hybridized carbons (Fsp3) is 0.286. The van der Waals surface area contributed by atoms with Gasteiger partial charge in [0.2, 0.25) is 5.91 Å². The second kappa shape index (κ2) is 7.07. The Morgan fingerprint density at radius 3 is 2.43 bits per heavy atom. The number of nitrogens with zero attached hydrogens (tertiary/aromatic N) is 2. The molecular weight excluding hydrogens is 361 g/mol. The van der Waals surface area contributed by atoms with Gasteiger partial charge in [-0.1, -0.05) is 24.3 Å². The van der Waals surface area contributed by atoms with Gasteiger partial charge in [0.15, 0.2) is 0 Å². The lowest BCUT2D eigenvalue weighted by atomic mass is 9.92. The number of rotatable bonds is 4. The molecule has 3 rings (SSSR count). The molecule has 1 N–H and O–H groups in total. The quantitative estimate of drug-likeness (QED) is 0.826. The SMILES string of the molecule is Cc1ccc(C)c(N(C)C(=O)CN2C(=O)NC(C)(c3ccc(F)cc3)C2=O)c1. The molecule has 0 saturated carbocycles. The molecular formula is C21H22FN3O3. The van der Waals surface area contributed by atoms with Crippen LogP contribution in [0.1, 0.15) is 23.6 Å². The highest BCUT2D eigenvalue weighted by molar-refractivity contribution is 6.10. The first-order valence-corrected chi connectivity index (χ1v) is 8.87. The largest absolute Gasteiger partial charge is 0.325 e. The number of hydrogen-bond acceptors (Lipinski definition) is 3. The van der Waals surface area contributed by atoms with E-state index in [1.165, 1.54) is 29.2 Å². The average Bonchev–Trinajstić information content (AvgIpc) is 2.87. The van der Waals surface area contributed by atoms with Crippen molar-refractivity contribution in [2.24, 2.45) is 0 Å². The van der Waals surface area contributed by atoms with Gasteiger partial charge in [0.1, 0.15) is 17.9 Å². The van der Waals surface area contributed by atoms with Crippen molar-refractivity contribution in [1.29, 1.82) is 0 Å². The molecule has 1 saturated heterocycles. The molecule has 7 heteroatoms. The molecule has 28 heavy (non-hydrogen) atoms. The van der Waals surface area contributed by atoms with E-state index in [1.807, 2.05) is 32.0 Å². The summed E-state index contributed by atoms with van der Waals surface area (Å²) >= 11 is 0. The predicted molar refractivity (Wildman–Crippen MR) is 103 cm³/mol. The summed E-state index contributed by atoms with van der Waals surface area (Å²) in [6, 6.07) is 10.4. The second-order valence-corrected chi connectivity index (χ2v) is 7.20. The van der Waals surface area contributed by atoms with Crippen molar-refractivity contribution < 1.29 is 18.8 Å². The Kier molecular flexibility index (Phi) is 4.93. The van der Waals surface area contributed by atoms with Crippen LogP contribution in [0.4, 0.5) is 14.9 Å². The van der Waals surface area contributed by atoms with Gasteiger partial charge < -0.3 is 10.2 Å². The van der Waals surface area contributed by atoms with Gasteiger partial charge in [-0.25, -0.2) is 9.18 Å². The van der Waals surface area contributed by atoms with E-state index in [2.05, 4.69) is 5.32 Å². The monoisotopic (exact) mass is 383 g/mol. The van der Waals surface area contributed by atoms with Gasteiger partial charge in [-0.15, -0.1) is 0 Å². The van der Waals surface area contributed by atoms with Gasteiger partial charge in [0.05, 0.1) is 0 Å². The van der Waals surface area contributed by atoms with Crippen LogP contribution in [0.25, 0.3) is 0 Å². The molecule has 0 spiro atoms. The first-order valence-electron chi connectivity index (χ1n) is 8.87. The molecule has 0 aromatic heterocycles. The van der Waals surface area contributed by atoms with E-state index in [4.69, 9.17) is 0 Å². The van der Waals surface area contributed by atoms with Gasteiger partial charge in [-0.3, -0.25) is 14.5 Å². The van der Waals surface area contributed by atoms with Gasteiger partial charge in [0.25, 0.3) is 5.91 Å². The lowest BCUT2D eigenvalue weighted by Gasteiger charge is -2.24. The summed E-state index contributed by atoms with van der Waals surface area (Å²) in [4.78, 5) is 40.4. The summed E-state index contributed by atoms with van der Waals surface area (Å²) in [5, 5.41) is 2.61. The highest BCUT2D eigenvalue weighted by atomic mass is 19.1. The van der Waals surface area contributed by atoms with Gasteiger partial charge in [0, 0.05) is 12.7 Å². The maximum absolute atomic E-state index is 13.2. The van der Waals surface area contributed by atoms with Crippen LogP contribution in [-0.2, 0) is 15.1 Å². The van der Waals surface area contributed by atoms with Crippen LogP contribution >= 0.6 is 0 Å². The topological polar surface area (TPSA) is 69.7 Å². The van der Waals surface area contributed by atoms with Crippen LogP contribution in [0, 0.1) is 19.7 Å². The summed E-state index contributed by atoms with van der Waals surface area (Å²) in [5.74, 6) is -1.38. The third kappa shape index (κ3) is 3.35. The van der Waals surface area contributed by atoms with E-state index in [1.54, 1.807) is 14.0 Å². The summed E-state index contributed by atoms with van der Waals surface area (Å²) in [6.07, 6.45) is 0. The number of halogens is 1. The molecule has 0 radical (unpaired) electrons. The minimum absolute atomic E-state index is 0.384. The number of anilines is 1. The lowest BCUT2D eigenvalue weighted by Crippen LogP contribution is -2.43. The third-order valence-corrected chi connectivity index (χ3v) is 5.09. The van der Waals surface area contributed by atoms with E-state index in [0.29, 0.717) is 5.56 Å². The first kappa shape index (κ1) is 19.5. The van der Waals surface area contributed by atoms with E-state index in [0.717, 1.165) is 21.7 Å². The van der Waals surface area contributed by atoms with Crippen molar-refractivity contribution in [2.75, 3.05) is 18.5 Å². The molecule has 1 heterocycles. The van der Waals surface area contributed by atoms with Crippen molar-refractivity contribution in [1.82, 2.24) is 10.2 Å². The maximum atomic E-state index is 13.2. The molecule has 1 unspecified atom stereocenters. The fourth-order valence-electron chi connectivity index (χ4n) is 3.28. The highest BCUT2D eigenvalue weighted by Crippen LogP contribution is 2.29. The summed E-state index contributed by atoms with van der Waals surface area (Å²) in [7, 11) is 1.61. The molecule has 6 nitrogen and oxygen atoms in total. The van der Waals surface area contributed by atoms with Crippen LogP contribution < -0.4 is 10.2 Å². The molecule has 0 bridgehead atoms. The van der Waals surface area contributed by atoms with Crippen molar-refractivity contribution in [2.45, 2.75) is 26.3 Å². The van der Waals surface area contributed by atoms with Crippen LogP contribution in [0.3, 0.4) is 0 Å². The molecule has 4 amide bonds. The van der Waals surface area contributed by atoms with Crippen molar-refractivity contribution >= 4 is 23.5 Å². The molecule has 2 aromatic carbocycles. The molecule has 146 valence electrons. The number of carbonyl (C=O) groups excluding carboxylic acids is 3. The van der Waals surface area contributed by atoms with E-state index < -0.39 is 23.3 Å². The van der Waals surface area contributed by atoms with Gasteiger partial charge in [-0.2, -0.15) is 0 Å². The van der Waals surface area contributed by atoms with Crippen LogP contribution in [-0.4, -0.2) is 36.3 Å². The number of carbonyl (C=O) groups is 3. The van der Waals surface area contributed by atoms with Crippen LogP contribution in [0.2, 0.25) is 0 Å². The van der Waals surface area contributed by atoms with Crippen molar-refractivity contribution in [3.63, 3.8) is 0 Å². The maximum Gasteiger partial charge on any atom is 0.325 e. The van der Waals surface area contributed by atoms with E-state index in [-0.39, 0.29) is 12.5 Å². The Balaban J connectivity index is 1.81. The Bertz CT molecular complexity index is 958. The predicted octanol–water partition coefficient (Wildman–Crippen LogP) is 2.87. The van der Waals surface area contributed by atoms with Crippen LogP contribution in [0.15, 0.2) is 42.5 Å². The highest BCUT2D eigenvalue weighted by Gasteiger charge is 2.49. The number of amides is 4. The molecule has 1 aliphatic heterocycles. The normalized spacial score (nSPS) is 19.0. The molecule has 1 atom stereocenters. The number of imide groups is 1. The standard InChI is InChI=1S/C21H22FN3O3/c1-13-5-6-14(2)17(11-13)24(4)18(26)12-25-19(27)21(3,23-20(25)28)15-7-9-16(22)10-8-15/h5-11H,12H2,1-4H3,(H,23,28). The molecule has 1 aliphatic rings. The Morgan fingerprint density at radius 1 is 1.14 bits per heavy atom. The Hall–Kier alpha value is -3.22. The lowest BCUT2D eigenvalue weighted by molar-refractivity contribution is -0.134. The summed E-state index contributed by atoms with van der Waals surface area (Å²) in [5.41, 5.74) is 1.74. The fourth-order valence-corrected chi connectivity index (χ4v) is 3.28. The number of aryl methyl sites for hydroxylation is 2. The third-order valence-electron chi connectivity index (χ3n) is 5.09. The summed E-state index contributed by atoms with van der Waals surface area (Å²) < 4.78 is 13.2. The number of benzene rings is 2. The molecule has 1 fully saturated rings. The Labute approximate surface area is 162 Å². The zero-order valence-corrected chi connectivity index (χ0v) is 16.2. The van der Waals surface area contributed by atoms with Gasteiger partial charge in [-0.05, 0) is 55.7 Å². The minimum atomic E-state index is -1.34. The van der Waals surface area contributed by atoms with Crippen LogP contribution in [0.5, 0.6) is 0 Å².